The molecule has 4 heteroatoms. The first-order valence-electron chi connectivity index (χ1n) is 4.43. The first kappa shape index (κ1) is 9.86. The molecule has 2 rings (SSSR count). The number of rotatable bonds is 2. The highest BCUT2D eigenvalue weighted by atomic mass is 32.1. The number of pyridine rings is 1. The largest absolute Gasteiger partial charge is 0.477 e. The molecule has 15 heavy (non-hydrogen) atoms. The maximum absolute atomic E-state index is 10.7. The third-order valence-electron chi connectivity index (χ3n) is 2.06. The summed E-state index contributed by atoms with van der Waals surface area (Å²) in [5, 5.41) is 8.80. The molecule has 2 heterocycles. The van der Waals surface area contributed by atoms with Crippen LogP contribution in [-0.2, 0) is 0 Å². The molecule has 0 aliphatic rings. The van der Waals surface area contributed by atoms with Gasteiger partial charge < -0.3 is 5.11 Å². The quantitative estimate of drug-likeness (QED) is 0.844. The number of hydrogen-bond donors (Lipinski definition) is 1. The van der Waals surface area contributed by atoms with Crippen LogP contribution in [0.1, 0.15) is 15.2 Å². The average molecular weight is 219 g/mol. The Labute approximate surface area is 91.0 Å². The summed E-state index contributed by atoms with van der Waals surface area (Å²) in [4.78, 5) is 16.2. The van der Waals surface area contributed by atoms with Crippen molar-refractivity contribution in [3.05, 3.63) is 40.9 Å². The van der Waals surface area contributed by atoms with Gasteiger partial charge in [0.25, 0.3) is 0 Å². The third-order valence-corrected chi connectivity index (χ3v) is 3.14. The second kappa shape index (κ2) is 3.82. The molecule has 76 valence electrons. The minimum absolute atomic E-state index is 0.343. The second-order valence-corrected chi connectivity index (χ2v) is 4.22. The van der Waals surface area contributed by atoms with E-state index in [2.05, 4.69) is 4.98 Å². The van der Waals surface area contributed by atoms with Gasteiger partial charge in [-0.1, -0.05) is 6.07 Å². The van der Waals surface area contributed by atoms with Crippen LogP contribution in [0, 0.1) is 6.92 Å². The summed E-state index contributed by atoms with van der Waals surface area (Å²) >= 11 is 1.25. The fourth-order valence-electron chi connectivity index (χ4n) is 1.32. The molecular formula is C11H9NO2S. The lowest BCUT2D eigenvalue weighted by atomic mass is 10.2. The Balaban J connectivity index is 2.46. The van der Waals surface area contributed by atoms with Gasteiger partial charge in [0.15, 0.2) is 0 Å². The maximum Gasteiger partial charge on any atom is 0.345 e. The van der Waals surface area contributed by atoms with E-state index in [0.29, 0.717) is 4.88 Å². The lowest BCUT2D eigenvalue weighted by Crippen LogP contribution is -1.89. The monoisotopic (exact) mass is 219 g/mol. The number of carbonyl (C=O) groups is 1. The minimum atomic E-state index is -0.889. The number of thiophene rings is 1. The zero-order valence-electron chi connectivity index (χ0n) is 8.10. The number of aromatic carboxylic acids is 1. The first-order valence-corrected chi connectivity index (χ1v) is 5.25. The molecule has 0 fully saturated rings. The third kappa shape index (κ3) is 1.89. The van der Waals surface area contributed by atoms with Crippen LogP contribution in [0.25, 0.3) is 10.6 Å². The van der Waals surface area contributed by atoms with Crippen LogP contribution in [0.4, 0.5) is 0 Å². The number of hydrogen-bond acceptors (Lipinski definition) is 3. The van der Waals surface area contributed by atoms with Crippen molar-refractivity contribution < 1.29 is 9.90 Å². The summed E-state index contributed by atoms with van der Waals surface area (Å²) in [6.45, 7) is 1.96. The molecule has 2 aromatic heterocycles. The van der Waals surface area contributed by atoms with Gasteiger partial charge in [0.1, 0.15) is 4.88 Å². The van der Waals surface area contributed by atoms with E-state index in [4.69, 9.17) is 5.11 Å². The molecule has 0 bridgehead atoms. The standard InChI is InChI=1S/C11H9NO2S/c1-7-3-2-6-12-10(7)8-4-5-9(15-8)11(13)14/h2-6H,1H3,(H,13,14). The summed E-state index contributed by atoms with van der Waals surface area (Å²) in [5.74, 6) is -0.889. The van der Waals surface area contributed by atoms with Crippen molar-refractivity contribution in [1.29, 1.82) is 0 Å². The Bertz CT molecular complexity index is 505. The maximum atomic E-state index is 10.7. The zero-order chi connectivity index (χ0) is 10.8. The Morgan fingerprint density at radius 1 is 1.40 bits per heavy atom. The minimum Gasteiger partial charge on any atom is -0.477 e. The summed E-state index contributed by atoms with van der Waals surface area (Å²) in [5.41, 5.74) is 1.91. The highest BCUT2D eigenvalue weighted by molar-refractivity contribution is 7.17. The van der Waals surface area contributed by atoms with Crippen molar-refractivity contribution in [3.63, 3.8) is 0 Å². The van der Waals surface area contributed by atoms with Gasteiger partial charge in [0.2, 0.25) is 0 Å². The summed E-state index contributed by atoms with van der Waals surface area (Å²) < 4.78 is 0. The second-order valence-electron chi connectivity index (χ2n) is 3.14. The number of carboxylic acids is 1. The molecule has 0 saturated heterocycles. The Morgan fingerprint density at radius 3 is 2.80 bits per heavy atom. The van der Waals surface area contributed by atoms with E-state index in [9.17, 15) is 4.79 Å². The van der Waals surface area contributed by atoms with Gasteiger partial charge in [-0.15, -0.1) is 11.3 Å². The molecule has 0 atom stereocenters. The summed E-state index contributed by atoms with van der Waals surface area (Å²) in [6, 6.07) is 7.23. The molecule has 0 aromatic carbocycles. The van der Waals surface area contributed by atoms with E-state index in [1.54, 1.807) is 18.3 Å². The Kier molecular flexibility index (Phi) is 2.51. The molecule has 0 aliphatic carbocycles. The fraction of sp³-hybridized carbons (Fsp3) is 0.0909. The lowest BCUT2D eigenvalue weighted by molar-refractivity contribution is 0.0702. The lowest BCUT2D eigenvalue weighted by Gasteiger charge is -1.99. The molecule has 0 radical (unpaired) electrons. The number of carboxylic acid groups (broad SMARTS) is 1. The number of nitrogens with zero attached hydrogens (tertiary/aromatic N) is 1. The molecule has 0 saturated carbocycles. The smallest absolute Gasteiger partial charge is 0.345 e. The highest BCUT2D eigenvalue weighted by Gasteiger charge is 2.10. The van der Waals surface area contributed by atoms with E-state index in [1.165, 1.54) is 11.3 Å². The number of aromatic nitrogens is 1. The molecule has 0 unspecified atom stereocenters. The van der Waals surface area contributed by atoms with E-state index in [0.717, 1.165) is 16.1 Å². The summed E-state index contributed by atoms with van der Waals surface area (Å²) in [7, 11) is 0. The van der Waals surface area contributed by atoms with E-state index < -0.39 is 5.97 Å². The van der Waals surface area contributed by atoms with Crippen molar-refractivity contribution in [2.24, 2.45) is 0 Å². The first-order chi connectivity index (χ1) is 7.18. The van der Waals surface area contributed by atoms with Crippen LogP contribution in [0.3, 0.4) is 0 Å². The van der Waals surface area contributed by atoms with Gasteiger partial charge >= 0.3 is 5.97 Å². The highest BCUT2D eigenvalue weighted by Crippen LogP contribution is 2.28. The Hall–Kier alpha value is -1.68. The molecule has 2 aromatic rings. The van der Waals surface area contributed by atoms with Gasteiger partial charge in [-0.2, -0.15) is 0 Å². The normalized spacial score (nSPS) is 10.2. The van der Waals surface area contributed by atoms with E-state index >= 15 is 0 Å². The molecule has 0 amide bonds. The summed E-state index contributed by atoms with van der Waals surface area (Å²) in [6.07, 6.45) is 1.71. The number of aryl methyl sites for hydroxylation is 1. The van der Waals surface area contributed by atoms with Crippen LogP contribution in [0.2, 0.25) is 0 Å². The predicted molar refractivity (Wildman–Crippen MR) is 59.2 cm³/mol. The topological polar surface area (TPSA) is 50.2 Å². The van der Waals surface area contributed by atoms with Crippen molar-refractivity contribution in [1.82, 2.24) is 4.98 Å². The van der Waals surface area contributed by atoms with Crippen LogP contribution < -0.4 is 0 Å². The van der Waals surface area contributed by atoms with Crippen LogP contribution >= 0.6 is 11.3 Å². The van der Waals surface area contributed by atoms with Gasteiger partial charge in [-0.05, 0) is 30.7 Å². The molecule has 3 nitrogen and oxygen atoms in total. The van der Waals surface area contributed by atoms with Crippen LogP contribution in [-0.4, -0.2) is 16.1 Å². The molecule has 0 aliphatic heterocycles. The van der Waals surface area contributed by atoms with E-state index in [1.807, 2.05) is 19.1 Å². The fourth-order valence-corrected chi connectivity index (χ4v) is 2.23. The Morgan fingerprint density at radius 2 is 2.20 bits per heavy atom. The van der Waals surface area contributed by atoms with Gasteiger partial charge in [0, 0.05) is 6.20 Å². The van der Waals surface area contributed by atoms with Crippen molar-refractivity contribution in [2.45, 2.75) is 6.92 Å². The van der Waals surface area contributed by atoms with Crippen LogP contribution in [0.5, 0.6) is 0 Å². The zero-order valence-corrected chi connectivity index (χ0v) is 8.91. The van der Waals surface area contributed by atoms with E-state index in [-0.39, 0.29) is 0 Å². The predicted octanol–water partition coefficient (Wildman–Crippen LogP) is 2.82. The SMILES string of the molecule is Cc1cccnc1-c1ccc(C(=O)O)s1. The average Bonchev–Trinajstić information content (AvgIpc) is 2.67. The van der Waals surface area contributed by atoms with Gasteiger partial charge in [-0.3, -0.25) is 4.98 Å². The molecular weight excluding hydrogens is 210 g/mol. The van der Waals surface area contributed by atoms with Crippen molar-refractivity contribution >= 4 is 17.3 Å². The van der Waals surface area contributed by atoms with Crippen LogP contribution in [0.15, 0.2) is 30.5 Å². The molecule has 0 spiro atoms. The van der Waals surface area contributed by atoms with Crippen molar-refractivity contribution in [3.8, 4) is 10.6 Å². The van der Waals surface area contributed by atoms with Crippen molar-refractivity contribution in [2.75, 3.05) is 0 Å². The van der Waals surface area contributed by atoms with Gasteiger partial charge in [0.05, 0.1) is 10.6 Å². The molecule has 1 N–H and O–H groups in total. The van der Waals surface area contributed by atoms with Gasteiger partial charge in [-0.25, -0.2) is 4.79 Å².